The molecule has 1 aromatic carbocycles. The van der Waals surface area contributed by atoms with Gasteiger partial charge in [-0.05, 0) is 56.6 Å². The minimum absolute atomic E-state index is 0.0133. The lowest BCUT2D eigenvalue weighted by atomic mass is 9.90. The maximum atomic E-state index is 12.5. The molecule has 1 aromatic heterocycles. The second-order valence-electron chi connectivity index (χ2n) is 6.49. The van der Waals surface area contributed by atoms with Crippen LogP contribution >= 0.6 is 0 Å². The molecule has 122 valence electrons. The van der Waals surface area contributed by atoms with Crippen LogP contribution in [0, 0.1) is 19.8 Å². The van der Waals surface area contributed by atoms with Gasteiger partial charge in [0.1, 0.15) is 0 Å². The largest absolute Gasteiger partial charge is 0.438 e. The molecule has 2 aromatic rings. The number of carbonyl (C=O) groups is 1. The molecule has 4 heteroatoms. The van der Waals surface area contributed by atoms with Crippen molar-refractivity contribution in [3.63, 3.8) is 0 Å². The molecule has 1 aliphatic heterocycles. The Morgan fingerprint density at radius 1 is 1.35 bits per heavy atom. The Kier molecular flexibility index (Phi) is 4.79. The van der Waals surface area contributed by atoms with Crippen LogP contribution in [0.4, 0.5) is 0 Å². The minimum atomic E-state index is -0.0133. The molecule has 0 radical (unpaired) electrons. The van der Waals surface area contributed by atoms with Crippen molar-refractivity contribution in [2.75, 3.05) is 13.1 Å². The van der Waals surface area contributed by atoms with E-state index >= 15 is 0 Å². The molecule has 1 atom stereocenters. The molecule has 1 aliphatic rings. The van der Waals surface area contributed by atoms with Crippen LogP contribution in [0.5, 0.6) is 0 Å². The molecule has 0 saturated carbocycles. The third-order valence-corrected chi connectivity index (χ3v) is 4.83. The van der Waals surface area contributed by atoms with Gasteiger partial charge in [0.15, 0.2) is 6.39 Å². The van der Waals surface area contributed by atoms with Gasteiger partial charge in [-0.25, -0.2) is 4.98 Å². The van der Waals surface area contributed by atoms with E-state index < -0.39 is 0 Å². The number of hydrogen-bond donors (Lipinski definition) is 0. The molecule has 1 saturated heterocycles. The van der Waals surface area contributed by atoms with Crippen LogP contribution < -0.4 is 0 Å². The predicted molar refractivity (Wildman–Crippen MR) is 89.4 cm³/mol. The van der Waals surface area contributed by atoms with Gasteiger partial charge in [0, 0.05) is 13.1 Å². The van der Waals surface area contributed by atoms with Gasteiger partial charge in [-0.15, -0.1) is 0 Å². The highest BCUT2D eigenvalue weighted by molar-refractivity contribution is 5.92. The van der Waals surface area contributed by atoms with Crippen molar-refractivity contribution in [1.82, 2.24) is 9.88 Å². The standard InChI is InChI=1S/C19H24N2O2/c1-14-6-3-4-8-17(14)10-9-16-7-5-11-21(12-16)19(22)18-15(2)20-13-23-18/h3-4,6,8,13,16H,5,7,9-12H2,1-2H3/t16-/m1/s1. The number of carbonyl (C=O) groups excluding carboxylic acids is 1. The number of likely N-dealkylation sites (tertiary alicyclic amines) is 1. The first kappa shape index (κ1) is 15.8. The zero-order chi connectivity index (χ0) is 16.2. The molecule has 4 nitrogen and oxygen atoms in total. The zero-order valence-corrected chi connectivity index (χ0v) is 13.9. The number of aromatic nitrogens is 1. The van der Waals surface area contributed by atoms with Gasteiger partial charge in [-0.3, -0.25) is 4.79 Å². The van der Waals surface area contributed by atoms with Gasteiger partial charge in [0.2, 0.25) is 5.76 Å². The van der Waals surface area contributed by atoms with E-state index in [0.717, 1.165) is 32.4 Å². The summed E-state index contributed by atoms with van der Waals surface area (Å²) in [5.74, 6) is 0.945. The fraction of sp³-hybridized carbons (Fsp3) is 0.474. The number of amides is 1. The smallest absolute Gasteiger partial charge is 0.291 e. The van der Waals surface area contributed by atoms with Gasteiger partial charge < -0.3 is 9.32 Å². The van der Waals surface area contributed by atoms with Crippen molar-refractivity contribution >= 4 is 5.91 Å². The van der Waals surface area contributed by atoms with Gasteiger partial charge in [-0.1, -0.05) is 24.3 Å². The van der Waals surface area contributed by atoms with Crippen LogP contribution in [0.15, 0.2) is 35.1 Å². The van der Waals surface area contributed by atoms with Gasteiger partial charge in [-0.2, -0.15) is 0 Å². The first-order valence-corrected chi connectivity index (χ1v) is 8.39. The van der Waals surface area contributed by atoms with Crippen molar-refractivity contribution in [3.05, 3.63) is 53.2 Å². The number of hydrogen-bond acceptors (Lipinski definition) is 3. The summed E-state index contributed by atoms with van der Waals surface area (Å²) in [5.41, 5.74) is 3.45. The third-order valence-electron chi connectivity index (χ3n) is 4.83. The van der Waals surface area contributed by atoms with Crippen LogP contribution in [0.3, 0.4) is 0 Å². The second-order valence-corrected chi connectivity index (χ2v) is 6.49. The summed E-state index contributed by atoms with van der Waals surface area (Å²) in [5, 5.41) is 0. The highest BCUT2D eigenvalue weighted by Gasteiger charge is 2.27. The fourth-order valence-corrected chi connectivity index (χ4v) is 3.39. The number of rotatable bonds is 4. The Bertz CT molecular complexity index is 678. The van der Waals surface area contributed by atoms with E-state index in [1.807, 2.05) is 11.8 Å². The zero-order valence-electron chi connectivity index (χ0n) is 13.9. The first-order valence-electron chi connectivity index (χ1n) is 8.39. The summed E-state index contributed by atoms with van der Waals surface area (Å²) in [6, 6.07) is 8.56. The summed E-state index contributed by atoms with van der Waals surface area (Å²) < 4.78 is 5.26. The van der Waals surface area contributed by atoms with Crippen LogP contribution in [0.2, 0.25) is 0 Å². The number of oxazole rings is 1. The van der Waals surface area contributed by atoms with Crippen LogP contribution in [-0.4, -0.2) is 28.9 Å². The maximum absolute atomic E-state index is 12.5. The molecule has 0 aliphatic carbocycles. The first-order chi connectivity index (χ1) is 11.1. The Balaban J connectivity index is 1.59. The average Bonchev–Trinajstić information content (AvgIpc) is 3.00. The molecular weight excluding hydrogens is 288 g/mol. The summed E-state index contributed by atoms with van der Waals surface area (Å²) in [6.45, 7) is 5.62. The number of nitrogens with zero attached hydrogens (tertiary/aromatic N) is 2. The van der Waals surface area contributed by atoms with Crippen LogP contribution in [0.1, 0.15) is 46.6 Å². The molecule has 23 heavy (non-hydrogen) atoms. The monoisotopic (exact) mass is 312 g/mol. The van der Waals surface area contributed by atoms with Gasteiger partial charge in [0.25, 0.3) is 5.91 Å². The van der Waals surface area contributed by atoms with Crippen LogP contribution in [-0.2, 0) is 6.42 Å². The number of benzene rings is 1. The second kappa shape index (κ2) is 6.99. The van der Waals surface area contributed by atoms with Crippen LogP contribution in [0.25, 0.3) is 0 Å². The number of piperidine rings is 1. The molecule has 1 amide bonds. The summed E-state index contributed by atoms with van der Waals surface area (Å²) in [4.78, 5) is 18.5. The quantitative estimate of drug-likeness (QED) is 0.863. The minimum Gasteiger partial charge on any atom is -0.438 e. The maximum Gasteiger partial charge on any atom is 0.291 e. The lowest BCUT2D eigenvalue weighted by molar-refractivity contribution is 0.0635. The Labute approximate surface area is 137 Å². The predicted octanol–water partition coefficient (Wildman–Crippen LogP) is 3.78. The SMILES string of the molecule is Cc1ccccc1CC[C@H]1CCCN(C(=O)c2ocnc2C)C1. The fourth-order valence-electron chi connectivity index (χ4n) is 3.39. The molecule has 3 rings (SSSR count). The highest BCUT2D eigenvalue weighted by Crippen LogP contribution is 2.24. The lowest BCUT2D eigenvalue weighted by Crippen LogP contribution is -2.40. The lowest BCUT2D eigenvalue weighted by Gasteiger charge is -2.32. The normalized spacial score (nSPS) is 18.2. The molecule has 1 fully saturated rings. The van der Waals surface area contributed by atoms with Crippen molar-refractivity contribution in [3.8, 4) is 0 Å². The molecular formula is C19H24N2O2. The van der Waals surface area contributed by atoms with Crippen molar-refractivity contribution in [1.29, 1.82) is 0 Å². The van der Waals surface area contributed by atoms with E-state index in [2.05, 4.69) is 36.2 Å². The van der Waals surface area contributed by atoms with E-state index in [4.69, 9.17) is 4.42 Å². The average molecular weight is 312 g/mol. The Morgan fingerprint density at radius 2 is 2.17 bits per heavy atom. The Hall–Kier alpha value is -2.10. The van der Waals surface area contributed by atoms with Crippen molar-refractivity contribution in [2.24, 2.45) is 5.92 Å². The van der Waals surface area contributed by atoms with Gasteiger partial charge in [0.05, 0.1) is 5.69 Å². The highest BCUT2D eigenvalue weighted by atomic mass is 16.3. The molecule has 0 bridgehead atoms. The Morgan fingerprint density at radius 3 is 2.91 bits per heavy atom. The van der Waals surface area contributed by atoms with E-state index in [-0.39, 0.29) is 5.91 Å². The van der Waals surface area contributed by atoms with E-state index in [0.29, 0.717) is 17.4 Å². The molecule has 2 heterocycles. The van der Waals surface area contributed by atoms with E-state index in [1.165, 1.54) is 23.9 Å². The summed E-state index contributed by atoms with van der Waals surface area (Å²) in [7, 11) is 0. The summed E-state index contributed by atoms with van der Waals surface area (Å²) >= 11 is 0. The van der Waals surface area contributed by atoms with E-state index in [1.54, 1.807) is 0 Å². The van der Waals surface area contributed by atoms with E-state index in [9.17, 15) is 4.79 Å². The van der Waals surface area contributed by atoms with Gasteiger partial charge >= 0.3 is 0 Å². The van der Waals surface area contributed by atoms with Crippen molar-refractivity contribution < 1.29 is 9.21 Å². The third kappa shape index (κ3) is 3.63. The molecule has 0 N–H and O–H groups in total. The van der Waals surface area contributed by atoms with Crippen molar-refractivity contribution in [2.45, 2.75) is 39.5 Å². The summed E-state index contributed by atoms with van der Waals surface area (Å²) in [6.07, 6.45) is 5.83. The topological polar surface area (TPSA) is 46.3 Å². The number of aryl methyl sites for hydroxylation is 3. The molecule has 0 unspecified atom stereocenters. The molecule has 0 spiro atoms.